The van der Waals surface area contributed by atoms with E-state index in [0.717, 1.165) is 11.1 Å². The van der Waals surface area contributed by atoms with E-state index in [1.54, 1.807) is 4.90 Å². The van der Waals surface area contributed by atoms with Crippen LogP contribution in [0.1, 0.15) is 20.3 Å². The highest BCUT2D eigenvalue weighted by Gasteiger charge is 2.30. The number of hydrogen-bond donors (Lipinski definition) is 1. The van der Waals surface area contributed by atoms with Gasteiger partial charge in [0.15, 0.2) is 0 Å². The second-order valence-electron chi connectivity index (χ2n) is 6.02. The van der Waals surface area contributed by atoms with E-state index in [4.69, 9.17) is 4.74 Å². The lowest BCUT2D eigenvalue weighted by atomic mass is 10.0. The average molecular weight is 334 g/mol. The summed E-state index contributed by atoms with van der Waals surface area (Å²) in [5.74, 6) is 0.409. The summed E-state index contributed by atoms with van der Waals surface area (Å²) in [5, 5.41) is 6.21. The molecular formula is C14H21F3N4O2. The first-order chi connectivity index (χ1) is 10.7. The van der Waals surface area contributed by atoms with Crippen molar-refractivity contribution in [3.05, 3.63) is 12.4 Å². The number of anilines is 1. The Morgan fingerprint density at radius 1 is 1.52 bits per heavy atom. The molecule has 1 aromatic rings. The van der Waals surface area contributed by atoms with E-state index < -0.39 is 12.7 Å². The maximum absolute atomic E-state index is 12.4. The second kappa shape index (κ2) is 7.20. The van der Waals surface area contributed by atoms with Gasteiger partial charge in [-0.15, -0.1) is 0 Å². The predicted octanol–water partition coefficient (Wildman–Crippen LogP) is 2.72. The minimum absolute atomic E-state index is 0.0334. The molecule has 0 radical (unpaired) electrons. The lowest BCUT2D eigenvalue weighted by Crippen LogP contribution is -2.50. The van der Waals surface area contributed by atoms with Crippen molar-refractivity contribution in [2.75, 3.05) is 25.1 Å². The van der Waals surface area contributed by atoms with Gasteiger partial charge in [-0.25, -0.2) is 4.79 Å². The Morgan fingerprint density at radius 2 is 2.26 bits per heavy atom. The van der Waals surface area contributed by atoms with Gasteiger partial charge in [0.25, 0.3) is 0 Å². The third-order valence-electron chi connectivity index (χ3n) is 3.46. The molecule has 23 heavy (non-hydrogen) atoms. The van der Waals surface area contributed by atoms with Crippen LogP contribution in [0.4, 0.5) is 23.7 Å². The summed E-state index contributed by atoms with van der Waals surface area (Å²) < 4.78 is 43.1. The summed E-state index contributed by atoms with van der Waals surface area (Å²) in [6, 6.07) is -0.375. The maximum Gasteiger partial charge on any atom is 0.408 e. The summed E-state index contributed by atoms with van der Waals surface area (Å²) in [6.07, 6.45) is -1.16. The standard InChI is InChI=1S/C14H21F3N4O2/c1-10(2)5-12-8-23-4-3-21(12)13(22)19-11-6-18-20(7-11)9-14(15,16)17/h6-7,10,12H,3-5,8-9H2,1-2H3,(H,19,22)/t12-/m1/s1. The van der Waals surface area contributed by atoms with Gasteiger partial charge >= 0.3 is 12.2 Å². The summed E-state index contributed by atoms with van der Waals surface area (Å²) >= 11 is 0. The SMILES string of the molecule is CC(C)C[C@@H]1COCCN1C(=O)Nc1cnn(CC(F)(F)F)c1. The van der Waals surface area contributed by atoms with E-state index in [-0.39, 0.29) is 17.8 Å². The lowest BCUT2D eigenvalue weighted by Gasteiger charge is -2.36. The number of amides is 2. The van der Waals surface area contributed by atoms with Gasteiger partial charge in [0, 0.05) is 12.7 Å². The topological polar surface area (TPSA) is 59.4 Å². The van der Waals surface area contributed by atoms with Crippen molar-refractivity contribution in [3.8, 4) is 0 Å². The summed E-state index contributed by atoms with van der Waals surface area (Å²) in [4.78, 5) is 14.0. The smallest absolute Gasteiger partial charge is 0.377 e. The molecule has 2 heterocycles. The molecule has 1 fully saturated rings. The van der Waals surface area contributed by atoms with Crippen LogP contribution in [-0.2, 0) is 11.3 Å². The van der Waals surface area contributed by atoms with Crippen LogP contribution in [0.25, 0.3) is 0 Å². The Morgan fingerprint density at radius 3 is 2.91 bits per heavy atom. The summed E-state index contributed by atoms with van der Waals surface area (Å²) in [7, 11) is 0. The number of aromatic nitrogens is 2. The minimum Gasteiger partial charge on any atom is -0.377 e. The molecule has 2 rings (SSSR count). The van der Waals surface area contributed by atoms with Crippen molar-refractivity contribution >= 4 is 11.7 Å². The van der Waals surface area contributed by atoms with E-state index in [9.17, 15) is 18.0 Å². The van der Waals surface area contributed by atoms with Crippen LogP contribution in [0, 0.1) is 5.92 Å². The van der Waals surface area contributed by atoms with Crippen molar-refractivity contribution in [2.45, 2.75) is 39.0 Å². The fourth-order valence-electron chi connectivity index (χ4n) is 2.56. The number of urea groups is 1. The van der Waals surface area contributed by atoms with Crippen molar-refractivity contribution in [1.82, 2.24) is 14.7 Å². The molecule has 0 aliphatic carbocycles. The van der Waals surface area contributed by atoms with E-state index >= 15 is 0 Å². The molecule has 1 aliphatic heterocycles. The van der Waals surface area contributed by atoms with Crippen LogP contribution < -0.4 is 5.32 Å². The van der Waals surface area contributed by atoms with Gasteiger partial charge in [-0.2, -0.15) is 18.3 Å². The largest absolute Gasteiger partial charge is 0.408 e. The zero-order valence-electron chi connectivity index (χ0n) is 13.1. The first kappa shape index (κ1) is 17.6. The number of carbonyl (C=O) groups is 1. The highest BCUT2D eigenvalue weighted by molar-refractivity contribution is 5.89. The van der Waals surface area contributed by atoms with Gasteiger partial charge in [0.1, 0.15) is 6.54 Å². The van der Waals surface area contributed by atoms with Gasteiger partial charge in [-0.1, -0.05) is 13.8 Å². The monoisotopic (exact) mass is 334 g/mol. The second-order valence-corrected chi connectivity index (χ2v) is 6.02. The molecule has 9 heteroatoms. The van der Waals surface area contributed by atoms with E-state index in [0.29, 0.717) is 25.7 Å². The highest BCUT2D eigenvalue weighted by Crippen LogP contribution is 2.19. The number of alkyl halides is 3. The molecule has 1 aromatic heterocycles. The Labute approximate surface area is 132 Å². The Hall–Kier alpha value is -1.77. The number of nitrogens with zero attached hydrogens (tertiary/aromatic N) is 3. The van der Waals surface area contributed by atoms with Crippen LogP contribution in [0.3, 0.4) is 0 Å². The lowest BCUT2D eigenvalue weighted by molar-refractivity contribution is -0.142. The Bertz CT molecular complexity index is 530. The number of nitrogens with one attached hydrogen (secondary N) is 1. The fraction of sp³-hybridized carbons (Fsp3) is 0.714. The van der Waals surface area contributed by atoms with Gasteiger partial charge in [-0.05, 0) is 12.3 Å². The number of morpholine rings is 1. The minimum atomic E-state index is -4.35. The van der Waals surface area contributed by atoms with Crippen LogP contribution in [-0.4, -0.2) is 52.7 Å². The molecule has 0 saturated carbocycles. The number of ether oxygens (including phenoxy) is 1. The maximum atomic E-state index is 12.4. The van der Waals surface area contributed by atoms with Crippen LogP contribution in [0.2, 0.25) is 0 Å². The van der Waals surface area contributed by atoms with Crippen molar-refractivity contribution in [1.29, 1.82) is 0 Å². The van der Waals surface area contributed by atoms with Gasteiger partial charge in [0.05, 0.1) is 31.1 Å². The zero-order chi connectivity index (χ0) is 17.0. The van der Waals surface area contributed by atoms with Crippen molar-refractivity contribution in [3.63, 3.8) is 0 Å². The number of halogens is 3. The van der Waals surface area contributed by atoms with E-state index in [2.05, 4.69) is 24.3 Å². The fourth-order valence-corrected chi connectivity index (χ4v) is 2.56. The quantitative estimate of drug-likeness (QED) is 0.921. The normalized spacial score (nSPS) is 19.2. The molecule has 6 nitrogen and oxygen atoms in total. The zero-order valence-corrected chi connectivity index (χ0v) is 13.1. The average Bonchev–Trinajstić information content (AvgIpc) is 2.83. The molecule has 0 bridgehead atoms. The molecule has 1 aliphatic rings. The molecular weight excluding hydrogens is 313 g/mol. The summed E-state index contributed by atoms with van der Waals surface area (Å²) in [5.41, 5.74) is 0.244. The third kappa shape index (κ3) is 5.42. The predicted molar refractivity (Wildman–Crippen MR) is 78.1 cm³/mol. The molecule has 0 unspecified atom stereocenters. The molecule has 0 spiro atoms. The molecule has 1 atom stereocenters. The number of rotatable bonds is 4. The Balaban J connectivity index is 1.97. The van der Waals surface area contributed by atoms with Crippen LogP contribution in [0.5, 0.6) is 0 Å². The molecule has 1 N–H and O–H groups in total. The van der Waals surface area contributed by atoms with E-state index in [1.807, 2.05) is 0 Å². The van der Waals surface area contributed by atoms with Crippen LogP contribution in [0.15, 0.2) is 12.4 Å². The molecule has 0 aromatic carbocycles. The molecule has 2 amide bonds. The third-order valence-corrected chi connectivity index (χ3v) is 3.46. The van der Waals surface area contributed by atoms with Gasteiger partial charge < -0.3 is 15.0 Å². The van der Waals surface area contributed by atoms with E-state index in [1.165, 1.54) is 12.4 Å². The number of carbonyl (C=O) groups excluding carboxylic acids is 1. The van der Waals surface area contributed by atoms with Crippen molar-refractivity contribution in [2.24, 2.45) is 5.92 Å². The van der Waals surface area contributed by atoms with Gasteiger partial charge in [0.2, 0.25) is 0 Å². The van der Waals surface area contributed by atoms with Gasteiger partial charge in [-0.3, -0.25) is 4.68 Å². The molecule has 130 valence electrons. The molecule has 1 saturated heterocycles. The first-order valence-corrected chi connectivity index (χ1v) is 7.49. The Kier molecular flexibility index (Phi) is 5.51. The number of hydrogen-bond acceptors (Lipinski definition) is 3. The highest BCUT2D eigenvalue weighted by atomic mass is 19.4. The first-order valence-electron chi connectivity index (χ1n) is 7.49. The summed E-state index contributed by atoms with van der Waals surface area (Å²) in [6.45, 7) is 4.32. The van der Waals surface area contributed by atoms with Crippen LogP contribution >= 0.6 is 0 Å². The van der Waals surface area contributed by atoms with Crippen molar-refractivity contribution < 1.29 is 22.7 Å².